The van der Waals surface area contributed by atoms with Gasteiger partial charge in [-0.05, 0) is 37.7 Å². The average molecular weight is 217 g/mol. The van der Waals surface area contributed by atoms with Crippen LogP contribution in [0.1, 0.15) is 18.9 Å². The third-order valence-electron chi connectivity index (χ3n) is 2.51. The van der Waals surface area contributed by atoms with Crippen molar-refractivity contribution in [3.63, 3.8) is 0 Å². The first kappa shape index (κ1) is 12.5. The van der Waals surface area contributed by atoms with E-state index < -0.39 is 0 Å². The van der Waals surface area contributed by atoms with E-state index in [1.807, 2.05) is 24.3 Å². The second-order valence-electron chi connectivity index (χ2n) is 3.79. The molecular formula is C13H19N3. The normalized spacial score (nSPS) is 9.81. The maximum Gasteiger partial charge on any atom is 0.0992 e. The summed E-state index contributed by atoms with van der Waals surface area (Å²) in [4.78, 5) is 2.18. The molecule has 0 amide bonds. The Morgan fingerprint density at radius 2 is 2.25 bits per heavy atom. The second kappa shape index (κ2) is 6.86. The van der Waals surface area contributed by atoms with Gasteiger partial charge in [-0.2, -0.15) is 5.26 Å². The maximum absolute atomic E-state index is 8.81. The van der Waals surface area contributed by atoms with Gasteiger partial charge in [-0.1, -0.05) is 13.0 Å². The Balaban J connectivity index is 2.46. The molecule has 86 valence electrons. The Hall–Kier alpha value is -1.53. The van der Waals surface area contributed by atoms with Crippen molar-refractivity contribution in [1.82, 2.24) is 5.32 Å². The molecule has 0 radical (unpaired) electrons. The van der Waals surface area contributed by atoms with Crippen LogP contribution in [0.5, 0.6) is 0 Å². The van der Waals surface area contributed by atoms with Crippen molar-refractivity contribution in [2.75, 3.05) is 31.6 Å². The van der Waals surface area contributed by atoms with E-state index in [-0.39, 0.29) is 0 Å². The molecule has 1 N–H and O–H groups in total. The molecular weight excluding hydrogens is 198 g/mol. The fourth-order valence-corrected chi connectivity index (χ4v) is 1.56. The molecule has 0 bridgehead atoms. The van der Waals surface area contributed by atoms with Crippen molar-refractivity contribution in [1.29, 1.82) is 5.26 Å². The quantitative estimate of drug-likeness (QED) is 0.741. The molecule has 0 spiro atoms. The summed E-state index contributed by atoms with van der Waals surface area (Å²) in [5, 5.41) is 12.1. The fourth-order valence-electron chi connectivity index (χ4n) is 1.56. The molecule has 1 aromatic carbocycles. The number of rotatable bonds is 6. The van der Waals surface area contributed by atoms with Gasteiger partial charge < -0.3 is 10.2 Å². The molecule has 3 heteroatoms. The lowest BCUT2D eigenvalue weighted by Crippen LogP contribution is -2.23. The molecule has 16 heavy (non-hydrogen) atoms. The van der Waals surface area contributed by atoms with Crippen molar-refractivity contribution in [3.8, 4) is 6.07 Å². The van der Waals surface area contributed by atoms with Crippen molar-refractivity contribution in [2.24, 2.45) is 0 Å². The Labute approximate surface area is 97.7 Å². The summed E-state index contributed by atoms with van der Waals surface area (Å²) in [7, 11) is 2.06. The number of nitrogens with zero attached hydrogens (tertiary/aromatic N) is 2. The maximum atomic E-state index is 8.81. The molecule has 1 aromatic rings. The summed E-state index contributed by atoms with van der Waals surface area (Å²) in [6.45, 7) is 5.17. The van der Waals surface area contributed by atoms with Crippen LogP contribution in [0.15, 0.2) is 24.3 Å². The van der Waals surface area contributed by atoms with Gasteiger partial charge in [-0.3, -0.25) is 0 Å². The molecule has 3 nitrogen and oxygen atoms in total. The first-order chi connectivity index (χ1) is 7.77. The van der Waals surface area contributed by atoms with Gasteiger partial charge in [0.25, 0.3) is 0 Å². The van der Waals surface area contributed by atoms with Gasteiger partial charge in [0.15, 0.2) is 0 Å². The van der Waals surface area contributed by atoms with Crippen LogP contribution < -0.4 is 10.2 Å². The van der Waals surface area contributed by atoms with E-state index in [4.69, 9.17) is 5.26 Å². The lowest BCUT2D eigenvalue weighted by atomic mass is 10.2. The second-order valence-corrected chi connectivity index (χ2v) is 3.79. The van der Waals surface area contributed by atoms with E-state index in [1.54, 1.807) is 0 Å². The van der Waals surface area contributed by atoms with Gasteiger partial charge in [0.05, 0.1) is 11.6 Å². The Morgan fingerprint density at radius 3 is 2.94 bits per heavy atom. The molecule has 0 fully saturated rings. The lowest BCUT2D eigenvalue weighted by Gasteiger charge is -2.19. The average Bonchev–Trinajstić information content (AvgIpc) is 2.34. The Bertz CT molecular complexity index is 354. The zero-order valence-corrected chi connectivity index (χ0v) is 10.0. The predicted molar refractivity (Wildman–Crippen MR) is 67.6 cm³/mol. The molecule has 0 aromatic heterocycles. The minimum Gasteiger partial charge on any atom is -0.375 e. The Morgan fingerprint density at radius 1 is 1.44 bits per heavy atom. The molecule has 0 saturated carbocycles. The lowest BCUT2D eigenvalue weighted by molar-refractivity contribution is 0.667. The molecule has 0 heterocycles. The SMILES string of the molecule is CCNCCCN(C)c1cccc(C#N)c1. The monoisotopic (exact) mass is 217 g/mol. The van der Waals surface area contributed by atoms with E-state index in [9.17, 15) is 0 Å². The summed E-state index contributed by atoms with van der Waals surface area (Å²) >= 11 is 0. The number of hydrogen-bond donors (Lipinski definition) is 1. The zero-order valence-electron chi connectivity index (χ0n) is 10.0. The van der Waals surface area contributed by atoms with E-state index in [0.29, 0.717) is 0 Å². The summed E-state index contributed by atoms with van der Waals surface area (Å²) in [6, 6.07) is 9.87. The first-order valence-corrected chi connectivity index (χ1v) is 5.70. The van der Waals surface area contributed by atoms with E-state index >= 15 is 0 Å². The van der Waals surface area contributed by atoms with Crippen LogP contribution in [0.4, 0.5) is 5.69 Å². The minimum absolute atomic E-state index is 0.719. The molecule has 0 aliphatic carbocycles. The van der Waals surface area contributed by atoms with Crippen molar-refractivity contribution in [3.05, 3.63) is 29.8 Å². The fraction of sp³-hybridized carbons (Fsp3) is 0.462. The number of benzene rings is 1. The molecule has 0 atom stereocenters. The van der Waals surface area contributed by atoms with Gasteiger partial charge in [0.1, 0.15) is 0 Å². The highest BCUT2D eigenvalue weighted by Gasteiger charge is 2.00. The largest absolute Gasteiger partial charge is 0.375 e. The first-order valence-electron chi connectivity index (χ1n) is 5.70. The van der Waals surface area contributed by atoms with Crippen molar-refractivity contribution >= 4 is 5.69 Å². The zero-order chi connectivity index (χ0) is 11.8. The van der Waals surface area contributed by atoms with Gasteiger partial charge in [0, 0.05) is 19.3 Å². The number of anilines is 1. The predicted octanol–water partition coefficient (Wildman–Crippen LogP) is 1.99. The van der Waals surface area contributed by atoms with Crippen LogP contribution in [-0.2, 0) is 0 Å². The minimum atomic E-state index is 0.719. The standard InChI is InChI=1S/C13H19N3/c1-3-15-8-5-9-16(2)13-7-4-6-12(10-13)11-14/h4,6-7,10,15H,3,5,8-9H2,1-2H3. The smallest absolute Gasteiger partial charge is 0.0992 e. The molecule has 0 aliphatic rings. The number of hydrogen-bond acceptors (Lipinski definition) is 3. The highest BCUT2D eigenvalue weighted by molar-refractivity contribution is 5.50. The summed E-state index contributed by atoms with van der Waals surface area (Å²) in [6.07, 6.45) is 1.11. The van der Waals surface area contributed by atoms with Gasteiger partial charge in [-0.25, -0.2) is 0 Å². The van der Waals surface area contributed by atoms with Crippen molar-refractivity contribution < 1.29 is 0 Å². The van der Waals surface area contributed by atoms with Crippen LogP contribution in [0.3, 0.4) is 0 Å². The van der Waals surface area contributed by atoms with Crippen molar-refractivity contribution in [2.45, 2.75) is 13.3 Å². The van der Waals surface area contributed by atoms with Crippen LogP contribution >= 0.6 is 0 Å². The van der Waals surface area contributed by atoms with Crippen LogP contribution in [-0.4, -0.2) is 26.7 Å². The van der Waals surface area contributed by atoms with Gasteiger partial charge in [-0.15, -0.1) is 0 Å². The van der Waals surface area contributed by atoms with Crippen LogP contribution in [0.25, 0.3) is 0 Å². The van der Waals surface area contributed by atoms with E-state index in [2.05, 4.69) is 30.3 Å². The number of nitriles is 1. The molecule has 0 aliphatic heterocycles. The summed E-state index contributed by atoms with van der Waals surface area (Å²) in [5.74, 6) is 0. The van der Waals surface area contributed by atoms with E-state index in [1.165, 1.54) is 0 Å². The highest BCUT2D eigenvalue weighted by Crippen LogP contribution is 2.14. The van der Waals surface area contributed by atoms with Crippen LogP contribution in [0.2, 0.25) is 0 Å². The summed E-state index contributed by atoms with van der Waals surface area (Å²) in [5.41, 5.74) is 1.83. The van der Waals surface area contributed by atoms with Gasteiger partial charge >= 0.3 is 0 Å². The Kier molecular flexibility index (Phi) is 5.38. The van der Waals surface area contributed by atoms with Gasteiger partial charge in [0.2, 0.25) is 0 Å². The molecule has 0 unspecified atom stereocenters. The van der Waals surface area contributed by atoms with E-state index in [0.717, 1.165) is 37.3 Å². The summed E-state index contributed by atoms with van der Waals surface area (Å²) < 4.78 is 0. The molecule has 0 saturated heterocycles. The molecule has 1 rings (SSSR count). The third-order valence-corrected chi connectivity index (χ3v) is 2.51. The topological polar surface area (TPSA) is 39.1 Å². The third kappa shape index (κ3) is 3.92. The number of nitrogens with one attached hydrogen (secondary N) is 1. The highest BCUT2D eigenvalue weighted by atomic mass is 15.1. The van der Waals surface area contributed by atoms with Crippen LogP contribution in [0, 0.1) is 11.3 Å².